The molecule has 0 fully saturated rings. The number of aryl methyl sites for hydroxylation is 2. The van der Waals surface area contributed by atoms with Gasteiger partial charge in [0.2, 0.25) is 5.91 Å². The van der Waals surface area contributed by atoms with E-state index in [1.807, 2.05) is 13.1 Å². The van der Waals surface area contributed by atoms with Gasteiger partial charge in [-0.1, -0.05) is 42.0 Å². The highest BCUT2D eigenvalue weighted by Gasteiger charge is 2.18. The Labute approximate surface area is 125 Å². The van der Waals surface area contributed by atoms with Crippen LogP contribution in [0.4, 0.5) is 5.69 Å². The van der Waals surface area contributed by atoms with E-state index in [0.29, 0.717) is 6.42 Å². The van der Waals surface area contributed by atoms with Gasteiger partial charge < -0.3 is 10.6 Å². The molecule has 1 heterocycles. The van der Waals surface area contributed by atoms with Crippen LogP contribution < -0.4 is 10.6 Å². The molecule has 2 N–H and O–H groups in total. The fourth-order valence-electron chi connectivity index (χ4n) is 2.96. The van der Waals surface area contributed by atoms with E-state index in [4.69, 9.17) is 0 Å². The summed E-state index contributed by atoms with van der Waals surface area (Å²) in [6, 6.07) is 15.0. The molecule has 1 unspecified atom stereocenters. The molecule has 3 nitrogen and oxygen atoms in total. The molecule has 0 bridgehead atoms. The van der Waals surface area contributed by atoms with Crippen LogP contribution in [0.25, 0.3) is 0 Å². The predicted molar refractivity (Wildman–Crippen MR) is 85.5 cm³/mol. The minimum absolute atomic E-state index is 0.110. The molecule has 1 aliphatic heterocycles. The van der Waals surface area contributed by atoms with Crippen LogP contribution in [0, 0.1) is 6.92 Å². The lowest BCUT2D eigenvalue weighted by molar-refractivity contribution is -0.116. The number of carbonyl (C=O) groups excluding carboxylic acids is 1. The van der Waals surface area contributed by atoms with Crippen LogP contribution in [0.3, 0.4) is 0 Å². The third-order valence-corrected chi connectivity index (χ3v) is 4.02. The van der Waals surface area contributed by atoms with E-state index >= 15 is 0 Å². The molecule has 3 heteroatoms. The maximum atomic E-state index is 11.4. The van der Waals surface area contributed by atoms with Crippen molar-refractivity contribution in [3.8, 4) is 0 Å². The summed E-state index contributed by atoms with van der Waals surface area (Å²) in [6.07, 6.45) is 1.39. The molecule has 0 aliphatic carbocycles. The van der Waals surface area contributed by atoms with Crippen LogP contribution in [-0.4, -0.2) is 13.0 Å². The Morgan fingerprint density at radius 3 is 2.67 bits per heavy atom. The number of carbonyl (C=O) groups is 1. The van der Waals surface area contributed by atoms with Gasteiger partial charge in [0.15, 0.2) is 0 Å². The second-order valence-electron chi connectivity index (χ2n) is 5.60. The van der Waals surface area contributed by atoms with Crippen molar-refractivity contribution in [1.29, 1.82) is 0 Å². The van der Waals surface area contributed by atoms with Gasteiger partial charge in [-0.05, 0) is 43.1 Å². The van der Waals surface area contributed by atoms with Gasteiger partial charge in [0.05, 0.1) is 6.04 Å². The number of amides is 1. The Hall–Kier alpha value is -2.13. The monoisotopic (exact) mass is 280 g/mol. The molecular formula is C18H20N2O. The van der Waals surface area contributed by atoms with E-state index in [0.717, 1.165) is 12.1 Å². The number of anilines is 1. The Morgan fingerprint density at radius 2 is 1.90 bits per heavy atom. The zero-order valence-corrected chi connectivity index (χ0v) is 12.4. The largest absolute Gasteiger partial charge is 0.326 e. The highest BCUT2D eigenvalue weighted by molar-refractivity contribution is 5.93. The highest BCUT2D eigenvalue weighted by atomic mass is 16.1. The maximum absolute atomic E-state index is 11.4. The van der Waals surface area contributed by atoms with Gasteiger partial charge in [-0.3, -0.25) is 4.79 Å². The second-order valence-corrected chi connectivity index (χ2v) is 5.60. The minimum Gasteiger partial charge on any atom is -0.326 e. The van der Waals surface area contributed by atoms with E-state index in [1.165, 1.54) is 22.3 Å². The average molecular weight is 280 g/mol. The van der Waals surface area contributed by atoms with Crippen LogP contribution in [0.2, 0.25) is 0 Å². The second kappa shape index (κ2) is 5.70. The summed E-state index contributed by atoms with van der Waals surface area (Å²) in [7, 11) is 1.98. The Kier molecular flexibility index (Phi) is 3.76. The third kappa shape index (κ3) is 2.83. The lowest BCUT2D eigenvalue weighted by Crippen LogP contribution is -2.21. The number of hydrogen-bond acceptors (Lipinski definition) is 2. The first-order chi connectivity index (χ1) is 10.2. The van der Waals surface area contributed by atoms with Crippen LogP contribution in [0.15, 0.2) is 42.5 Å². The topological polar surface area (TPSA) is 41.1 Å². The third-order valence-electron chi connectivity index (χ3n) is 4.02. The number of rotatable bonds is 3. The van der Waals surface area contributed by atoms with Crippen molar-refractivity contribution in [3.05, 3.63) is 64.7 Å². The van der Waals surface area contributed by atoms with Crippen molar-refractivity contribution in [3.63, 3.8) is 0 Å². The Bertz CT molecular complexity index is 679. The molecule has 3 rings (SSSR count). The van der Waals surface area contributed by atoms with E-state index in [9.17, 15) is 4.79 Å². The summed E-state index contributed by atoms with van der Waals surface area (Å²) in [4.78, 5) is 11.4. The Balaban J connectivity index is 1.96. The molecule has 0 saturated carbocycles. The van der Waals surface area contributed by atoms with Gasteiger partial charge in [-0.15, -0.1) is 0 Å². The number of hydrogen-bond donors (Lipinski definition) is 2. The minimum atomic E-state index is 0.110. The maximum Gasteiger partial charge on any atom is 0.224 e. The van der Waals surface area contributed by atoms with E-state index in [-0.39, 0.29) is 11.9 Å². The van der Waals surface area contributed by atoms with E-state index in [2.05, 4.69) is 54.0 Å². The van der Waals surface area contributed by atoms with E-state index < -0.39 is 0 Å². The summed E-state index contributed by atoms with van der Waals surface area (Å²) >= 11 is 0. The molecule has 1 atom stereocenters. The molecule has 0 saturated heterocycles. The van der Waals surface area contributed by atoms with Crippen molar-refractivity contribution >= 4 is 11.6 Å². The molecule has 2 aromatic rings. The molecule has 21 heavy (non-hydrogen) atoms. The summed E-state index contributed by atoms with van der Waals surface area (Å²) in [5.74, 6) is 0.110. The summed E-state index contributed by atoms with van der Waals surface area (Å²) in [5.41, 5.74) is 5.93. The molecule has 1 aliphatic rings. The van der Waals surface area contributed by atoms with Crippen LogP contribution in [0.1, 0.15) is 34.7 Å². The van der Waals surface area contributed by atoms with Crippen molar-refractivity contribution < 1.29 is 4.79 Å². The molecule has 0 spiro atoms. The smallest absolute Gasteiger partial charge is 0.224 e. The molecule has 2 aromatic carbocycles. The van der Waals surface area contributed by atoms with Crippen molar-refractivity contribution in [1.82, 2.24) is 5.32 Å². The average Bonchev–Trinajstić information content (AvgIpc) is 2.48. The van der Waals surface area contributed by atoms with Gasteiger partial charge in [0.25, 0.3) is 0 Å². The standard InChI is InChI=1S/C18H20N2O/c1-12-4-3-5-14(10-12)18(19-2)15-6-8-16-13(11-15)7-9-17(21)20-16/h3-6,8,10-11,18-19H,7,9H2,1-2H3,(H,20,21). The van der Waals surface area contributed by atoms with Gasteiger partial charge >= 0.3 is 0 Å². The number of fused-ring (bicyclic) bond motifs is 1. The predicted octanol–water partition coefficient (Wildman–Crippen LogP) is 3.19. The quantitative estimate of drug-likeness (QED) is 0.906. The number of benzene rings is 2. The summed E-state index contributed by atoms with van der Waals surface area (Å²) in [6.45, 7) is 2.11. The molecule has 0 aromatic heterocycles. The first-order valence-corrected chi connectivity index (χ1v) is 7.34. The SMILES string of the molecule is CNC(c1cccc(C)c1)c1ccc2c(c1)CCC(=O)N2. The molecule has 0 radical (unpaired) electrons. The van der Waals surface area contributed by atoms with Gasteiger partial charge in [-0.25, -0.2) is 0 Å². The fourth-order valence-corrected chi connectivity index (χ4v) is 2.96. The van der Waals surface area contributed by atoms with Crippen molar-refractivity contribution in [2.45, 2.75) is 25.8 Å². The van der Waals surface area contributed by atoms with Gasteiger partial charge in [-0.2, -0.15) is 0 Å². The van der Waals surface area contributed by atoms with Crippen molar-refractivity contribution in [2.24, 2.45) is 0 Å². The van der Waals surface area contributed by atoms with E-state index in [1.54, 1.807) is 0 Å². The number of nitrogens with one attached hydrogen (secondary N) is 2. The lowest BCUT2D eigenvalue weighted by Gasteiger charge is -2.22. The molecule has 108 valence electrons. The Morgan fingerprint density at radius 1 is 1.10 bits per heavy atom. The highest BCUT2D eigenvalue weighted by Crippen LogP contribution is 2.29. The van der Waals surface area contributed by atoms with Gasteiger partial charge in [0, 0.05) is 12.1 Å². The van der Waals surface area contributed by atoms with Crippen LogP contribution in [-0.2, 0) is 11.2 Å². The molecule has 1 amide bonds. The fraction of sp³-hybridized carbons (Fsp3) is 0.278. The first kappa shape index (κ1) is 13.8. The van der Waals surface area contributed by atoms with Gasteiger partial charge in [0.1, 0.15) is 0 Å². The molecular weight excluding hydrogens is 260 g/mol. The summed E-state index contributed by atoms with van der Waals surface area (Å²) in [5, 5.41) is 6.32. The first-order valence-electron chi connectivity index (χ1n) is 7.34. The van der Waals surface area contributed by atoms with Crippen LogP contribution >= 0.6 is 0 Å². The van der Waals surface area contributed by atoms with Crippen LogP contribution in [0.5, 0.6) is 0 Å². The zero-order valence-electron chi connectivity index (χ0n) is 12.4. The lowest BCUT2D eigenvalue weighted by atomic mass is 9.93. The van der Waals surface area contributed by atoms with Crippen molar-refractivity contribution in [2.75, 3.05) is 12.4 Å². The zero-order chi connectivity index (χ0) is 14.8. The normalized spacial score (nSPS) is 15.2. The summed E-state index contributed by atoms with van der Waals surface area (Å²) < 4.78 is 0.